The number of likely N-dealkylation sites (tertiary alicyclic amines) is 1. The minimum absolute atomic E-state index is 0.0704. The molecule has 0 aliphatic carbocycles. The molecule has 2 N–H and O–H groups in total. The van der Waals surface area contributed by atoms with Crippen molar-refractivity contribution in [1.29, 1.82) is 0 Å². The predicted molar refractivity (Wildman–Crippen MR) is 117 cm³/mol. The number of rotatable bonds is 7. The molecule has 0 saturated carbocycles. The van der Waals surface area contributed by atoms with Crippen LogP contribution in [0.15, 0.2) is 48.5 Å². The van der Waals surface area contributed by atoms with Crippen molar-refractivity contribution in [1.82, 2.24) is 4.90 Å². The first-order valence-electron chi connectivity index (χ1n) is 10.3. The Morgan fingerprint density at radius 3 is 2.23 bits per heavy atom. The minimum Gasteiger partial charge on any atom is -0.491 e. The molecule has 0 unspecified atom stereocenters. The molecule has 1 aliphatic rings. The van der Waals surface area contributed by atoms with E-state index in [2.05, 4.69) is 10.6 Å². The Morgan fingerprint density at radius 2 is 1.57 bits per heavy atom. The third kappa shape index (κ3) is 6.49. The van der Waals surface area contributed by atoms with Gasteiger partial charge in [-0.2, -0.15) is 0 Å². The molecular weight excluding hydrogens is 382 g/mol. The van der Waals surface area contributed by atoms with Gasteiger partial charge in [-0.15, -0.1) is 0 Å². The number of hydrogen-bond acceptors (Lipinski definition) is 4. The highest BCUT2D eigenvalue weighted by molar-refractivity contribution is 6.04. The second-order valence-corrected chi connectivity index (χ2v) is 7.23. The van der Waals surface area contributed by atoms with Crippen molar-refractivity contribution in [2.75, 3.05) is 44.0 Å². The lowest BCUT2D eigenvalue weighted by Gasteiger charge is -2.20. The van der Waals surface area contributed by atoms with Gasteiger partial charge in [0, 0.05) is 37.1 Å². The Labute approximate surface area is 177 Å². The van der Waals surface area contributed by atoms with Crippen molar-refractivity contribution < 1.29 is 19.1 Å². The number of carbonyl (C=O) groups excluding carboxylic acids is 2. The standard InChI is InChI=1S/C23H29N3O4/c1-29-15-16-30-21-8-6-7-18(17-21)22(27)24-19-9-11-20(12-10-19)25-23(28)26-13-4-2-3-5-14-26/h6-12,17H,2-5,13-16H2,1H3,(H,24,27)(H,25,28). The summed E-state index contributed by atoms with van der Waals surface area (Å²) in [6.45, 7) is 2.51. The molecule has 0 radical (unpaired) electrons. The summed E-state index contributed by atoms with van der Waals surface area (Å²) in [6.07, 6.45) is 4.47. The van der Waals surface area contributed by atoms with Crippen molar-refractivity contribution in [3.63, 3.8) is 0 Å². The molecule has 2 aromatic rings. The highest BCUT2D eigenvalue weighted by Gasteiger charge is 2.15. The molecular formula is C23H29N3O4. The molecule has 7 nitrogen and oxygen atoms in total. The fraction of sp³-hybridized carbons (Fsp3) is 0.391. The number of ether oxygens (including phenoxy) is 2. The summed E-state index contributed by atoms with van der Waals surface area (Å²) in [6, 6.07) is 14.1. The van der Waals surface area contributed by atoms with E-state index < -0.39 is 0 Å². The molecule has 1 aliphatic heterocycles. The Balaban J connectivity index is 1.54. The zero-order valence-corrected chi connectivity index (χ0v) is 17.4. The van der Waals surface area contributed by atoms with Crippen molar-refractivity contribution >= 4 is 23.3 Å². The van der Waals surface area contributed by atoms with E-state index in [0.29, 0.717) is 35.9 Å². The molecule has 0 spiro atoms. The second-order valence-electron chi connectivity index (χ2n) is 7.23. The zero-order valence-electron chi connectivity index (χ0n) is 17.4. The van der Waals surface area contributed by atoms with E-state index in [-0.39, 0.29) is 11.9 Å². The molecule has 1 fully saturated rings. The van der Waals surface area contributed by atoms with Crippen LogP contribution in [0.5, 0.6) is 5.75 Å². The third-order valence-corrected chi connectivity index (χ3v) is 4.94. The van der Waals surface area contributed by atoms with Gasteiger partial charge in [0.15, 0.2) is 0 Å². The van der Waals surface area contributed by atoms with Crippen molar-refractivity contribution in [2.45, 2.75) is 25.7 Å². The van der Waals surface area contributed by atoms with Crippen LogP contribution in [0, 0.1) is 0 Å². The van der Waals surface area contributed by atoms with Gasteiger partial charge in [-0.05, 0) is 55.3 Å². The average molecular weight is 412 g/mol. The van der Waals surface area contributed by atoms with Crippen LogP contribution in [0.1, 0.15) is 36.0 Å². The van der Waals surface area contributed by atoms with Gasteiger partial charge in [-0.3, -0.25) is 4.79 Å². The highest BCUT2D eigenvalue weighted by atomic mass is 16.5. The van der Waals surface area contributed by atoms with E-state index in [4.69, 9.17) is 9.47 Å². The number of benzene rings is 2. The summed E-state index contributed by atoms with van der Waals surface area (Å²) < 4.78 is 10.5. The molecule has 0 atom stereocenters. The van der Waals surface area contributed by atoms with E-state index in [1.807, 2.05) is 4.90 Å². The topological polar surface area (TPSA) is 79.9 Å². The van der Waals surface area contributed by atoms with Gasteiger partial charge >= 0.3 is 6.03 Å². The highest BCUT2D eigenvalue weighted by Crippen LogP contribution is 2.18. The van der Waals surface area contributed by atoms with Crippen molar-refractivity contribution in [3.05, 3.63) is 54.1 Å². The maximum Gasteiger partial charge on any atom is 0.321 e. The maximum absolute atomic E-state index is 12.5. The first-order valence-corrected chi connectivity index (χ1v) is 10.3. The number of amides is 3. The molecule has 160 valence electrons. The number of methoxy groups -OCH3 is 1. The molecule has 30 heavy (non-hydrogen) atoms. The summed E-state index contributed by atoms with van der Waals surface area (Å²) in [4.78, 5) is 26.8. The van der Waals surface area contributed by atoms with Crippen molar-refractivity contribution in [3.8, 4) is 5.75 Å². The van der Waals surface area contributed by atoms with Crippen LogP contribution < -0.4 is 15.4 Å². The van der Waals surface area contributed by atoms with Crippen LogP contribution in [0.4, 0.5) is 16.2 Å². The number of carbonyl (C=O) groups is 2. The maximum atomic E-state index is 12.5. The summed E-state index contributed by atoms with van der Waals surface area (Å²) in [5.41, 5.74) is 1.86. The van der Waals surface area contributed by atoms with Crippen LogP contribution in [0.2, 0.25) is 0 Å². The Morgan fingerprint density at radius 1 is 0.900 bits per heavy atom. The SMILES string of the molecule is COCCOc1cccc(C(=O)Nc2ccc(NC(=O)N3CCCCCC3)cc2)c1. The Kier molecular flexibility index (Phi) is 8.09. The molecule has 1 saturated heterocycles. The van der Waals surface area contributed by atoms with Crippen LogP contribution in [-0.2, 0) is 4.74 Å². The van der Waals surface area contributed by atoms with E-state index in [1.54, 1.807) is 55.6 Å². The van der Waals surface area contributed by atoms with Gasteiger partial charge in [0.2, 0.25) is 0 Å². The predicted octanol–water partition coefficient (Wildman–Crippen LogP) is 4.37. The second kappa shape index (κ2) is 11.2. The first-order chi connectivity index (χ1) is 14.7. The number of nitrogens with zero attached hydrogens (tertiary/aromatic N) is 1. The fourth-order valence-electron chi connectivity index (χ4n) is 3.29. The molecule has 0 bridgehead atoms. The molecule has 2 aromatic carbocycles. The summed E-state index contributed by atoms with van der Waals surface area (Å²) in [5.74, 6) is 0.389. The smallest absolute Gasteiger partial charge is 0.321 e. The van der Waals surface area contributed by atoms with E-state index in [9.17, 15) is 9.59 Å². The third-order valence-electron chi connectivity index (χ3n) is 4.94. The summed E-state index contributed by atoms with van der Waals surface area (Å²) in [5, 5.41) is 5.79. The van der Waals surface area contributed by atoms with Gasteiger partial charge < -0.3 is 25.0 Å². The minimum atomic E-state index is -0.228. The van der Waals surface area contributed by atoms with Crippen LogP contribution >= 0.6 is 0 Å². The Hall–Kier alpha value is -3.06. The fourth-order valence-corrected chi connectivity index (χ4v) is 3.29. The lowest BCUT2D eigenvalue weighted by Crippen LogP contribution is -2.35. The quantitative estimate of drug-likeness (QED) is 0.663. The van der Waals surface area contributed by atoms with Crippen LogP contribution in [0.3, 0.4) is 0 Å². The van der Waals surface area contributed by atoms with E-state index >= 15 is 0 Å². The lowest BCUT2D eigenvalue weighted by molar-refractivity contribution is 0.102. The van der Waals surface area contributed by atoms with Gasteiger partial charge in [0.25, 0.3) is 5.91 Å². The lowest BCUT2D eigenvalue weighted by atomic mass is 10.2. The van der Waals surface area contributed by atoms with E-state index in [0.717, 1.165) is 25.9 Å². The van der Waals surface area contributed by atoms with E-state index in [1.165, 1.54) is 12.8 Å². The largest absolute Gasteiger partial charge is 0.491 e. The zero-order chi connectivity index (χ0) is 21.2. The number of urea groups is 1. The van der Waals surface area contributed by atoms with Crippen molar-refractivity contribution in [2.24, 2.45) is 0 Å². The molecule has 1 heterocycles. The Bertz CT molecular complexity index is 831. The summed E-state index contributed by atoms with van der Waals surface area (Å²) in [7, 11) is 1.61. The number of nitrogens with one attached hydrogen (secondary N) is 2. The van der Waals surface area contributed by atoms with Crippen LogP contribution in [-0.4, -0.2) is 50.3 Å². The number of anilines is 2. The molecule has 7 heteroatoms. The number of hydrogen-bond donors (Lipinski definition) is 2. The summed E-state index contributed by atoms with van der Waals surface area (Å²) >= 11 is 0. The van der Waals surface area contributed by atoms with Gasteiger partial charge in [0.05, 0.1) is 6.61 Å². The molecule has 3 rings (SSSR count). The van der Waals surface area contributed by atoms with Gasteiger partial charge in [-0.25, -0.2) is 4.79 Å². The first kappa shape index (κ1) is 21.6. The van der Waals surface area contributed by atoms with Crippen LogP contribution in [0.25, 0.3) is 0 Å². The monoisotopic (exact) mass is 411 g/mol. The molecule has 0 aromatic heterocycles. The normalized spacial score (nSPS) is 14.0. The molecule has 3 amide bonds. The van der Waals surface area contributed by atoms with Gasteiger partial charge in [-0.1, -0.05) is 18.9 Å². The average Bonchev–Trinajstić information content (AvgIpc) is 3.05. The van der Waals surface area contributed by atoms with Gasteiger partial charge in [0.1, 0.15) is 12.4 Å².